The molecule has 19 heavy (non-hydrogen) atoms. The maximum Gasteiger partial charge on any atom is 0.213 e. The highest BCUT2D eigenvalue weighted by molar-refractivity contribution is 5.29. The SMILES string of the molecule is CC(C)NCc1ccc(OCc2ncon2)c(F)c1. The maximum absolute atomic E-state index is 13.8. The average Bonchev–Trinajstić information content (AvgIpc) is 2.88. The Morgan fingerprint density at radius 3 is 2.89 bits per heavy atom. The zero-order valence-electron chi connectivity index (χ0n) is 10.9. The van der Waals surface area contributed by atoms with Gasteiger partial charge in [0.05, 0.1) is 0 Å². The van der Waals surface area contributed by atoms with Crippen molar-refractivity contribution in [2.45, 2.75) is 33.0 Å². The summed E-state index contributed by atoms with van der Waals surface area (Å²) < 4.78 is 23.6. The van der Waals surface area contributed by atoms with Gasteiger partial charge in [-0.25, -0.2) is 4.39 Å². The van der Waals surface area contributed by atoms with Crippen LogP contribution < -0.4 is 10.1 Å². The number of aromatic nitrogens is 2. The summed E-state index contributed by atoms with van der Waals surface area (Å²) in [5, 5.41) is 6.81. The molecular formula is C13H16FN3O2. The molecule has 2 aromatic rings. The van der Waals surface area contributed by atoms with Crippen LogP contribution in [0.25, 0.3) is 0 Å². The van der Waals surface area contributed by atoms with Gasteiger partial charge < -0.3 is 14.6 Å². The summed E-state index contributed by atoms with van der Waals surface area (Å²) >= 11 is 0. The molecule has 0 saturated carbocycles. The van der Waals surface area contributed by atoms with Gasteiger partial charge in [-0.15, -0.1) is 0 Å². The third-order valence-corrected chi connectivity index (χ3v) is 2.47. The van der Waals surface area contributed by atoms with Crippen LogP contribution >= 0.6 is 0 Å². The van der Waals surface area contributed by atoms with E-state index in [1.54, 1.807) is 6.07 Å². The van der Waals surface area contributed by atoms with Crippen LogP contribution in [0.2, 0.25) is 0 Å². The Balaban J connectivity index is 1.94. The fourth-order valence-corrected chi connectivity index (χ4v) is 1.49. The number of hydrogen-bond acceptors (Lipinski definition) is 5. The molecule has 0 bridgehead atoms. The molecule has 1 aromatic heterocycles. The van der Waals surface area contributed by atoms with Gasteiger partial charge in [0.1, 0.15) is 0 Å². The summed E-state index contributed by atoms with van der Waals surface area (Å²) in [6, 6.07) is 5.25. The van der Waals surface area contributed by atoms with Crippen LogP contribution in [0.3, 0.4) is 0 Å². The largest absolute Gasteiger partial charge is 0.482 e. The fraction of sp³-hybridized carbons (Fsp3) is 0.385. The lowest BCUT2D eigenvalue weighted by Crippen LogP contribution is -2.21. The molecule has 0 aliphatic carbocycles. The summed E-state index contributed by atoms with van der Waals surface area (Å²) in [4.78, 5) is 3.79. The normalized spacial score (nSPS) is 10.9. The molecule has 0 amide bonds. The van der Waals surface area contributed by atoms with E-state index in [1.165, 1.54) is 12.5 Å². The summed E-state index contributed by atoms with van der Waals surface area (Å²) in [6.45, 7) is 4.79. The van der Waals surface area contributed by atoms with Gasteiger partial charge in [-0.2, -0.15) is 4.98 Å². The van der Waals surface area contributed by atoms with Gasteiger partial charge in [0, 0.05) is 12.6 Å². The lowest BCUT2D eigenvalue weighted by molar-refractivity contribution is 0.273. The van der Waals surface area contributed by atoms with E-state index in [9.17, 15) is 4.39 Å². The molecule has 102 valence electrons. The first-order valence-corrected chi connectivity index (χ1v) is 6.05. The molecule has 1 heterocycles. The fourth-order valence-electron chi connectivity index (χ4n) is 1.49. The summed E-state index contributed by atoms with van der Waals surface area (Å²) in [6.07, 6.45) is 1.20. The van der Waals surface area contributed by atoms with Crippen LogP contribution in [0.1, 0.15) is 25.2 Å². The van der Waals surface area contributed by atoms with Crippen molar-refractivity contribution in [1.29, 1.82) is 0 Å². The van der Waals surface area contributed by atoms with Crippen molar-refractivity contribution in [3.05, 3.63) is 41.8 Å². The maximum atomic E-state index is 13.8. The zero-order valence-corrected chi connectivity index (χ0v) is 10.9. The van der Waals surface area contributed by atoms with Crippen molar-refractivity contribution >= 4 is 0 Å². The van der Waals surface area contributed by atoms with Crippen molar-refractivity contribution in [1.82, 2.24) is 15.5 Å². The quantitative estimate of drug-likeness (QED) is 0.868. The van der Waals surface area contributed by atoms with Gasteiger partial charge in [0.2, 0.25) is 12.2 Å². The first kappa shape index (κ1) is 13.5. The second-order valence-corrected chi connectivity index (χ2v) is 4.44. The Bertz CT molecular complexity index is 515. The van der Waals surface area contributed by atoms with E-state index >= 15 is 0 Å². The van der Waals surface area contributed by atoms with Crippen molar-refractivity contribution in [3.63, 3.8) is 0 Å². The molecule has 0 aliphatic rings. The molecule has 1 aromatic carbocycles. The number of nitrogens with one attached hydrogen (secondary N) is 1. The predicted octanol–water partition coefficient (Wildman–Crippen LogP) is 2.29. The van der Waals surface area contributed by atoms with E-state index in [4.69, 9.17) is 4.74 Å². The van der Waals surface area contributed by atoms with Crippen molar-refractivity contribution in [2.24, 2.45) is 0 Å². The lowest BCUT2D eigenvalue weighted by atomic mass is 10.2. The lowest BCUT2D eigenvalue weighted by Gasteiger charge is -2.10. The molecule has 2 rings (SSSR count). The second-order valence-electron chi connectivity index (χ2n) is 4.44. The van der Waals surface area contributed by atoms with Crippen LogP contribution in [0.4, 0.5) is 4.39 Å². The van der Waals surface area contributed by atoms with Gasteiger partial charge in [0.15, 0.2) is 18.2 Å². The minimum atomic E-state index is -0.397. The molecule has 0 fully saturated rings. The van der Waals surface area contributed by atoms with Crippen molar-refractivity contribution in [2.75, 3.05) is 0 Å². The Labute approximate surface area is 110 Å². The minimum Gasteiger partial charge on any atom is -0.482 e. The number of rotatable bonds is 6. The highest BCUT2D eigenvalue weighted by Crippen LogP contribution is 2.19. The van der Waals surface area contributed by atoms with Crippen LogP contribution in [-0.4, -0.2) is 16.2 Å². The Hall–Kier alpha value is -1.95. The van der Waals surface area contributed by atoms with E-state index in [-0.39, 0.29) is 12.4 Å². The summed E-state index contributed by atoms with van der Waals surface area (Å²) in [5.41, 5.74) is 0.873. The van der Waals surface area contributed by atoms with E-state index in [0.29, 0.717) is 18.4 Å². The molecule has 6 heteroatoms. The Morgan fingerprint density at radius 1 is 1.42 bits per heavy atom. The summed E-state index contributed by atoms with van der Waals surface area (Å²) in [7, 11) is 0. The first-order valence-electron chi connectivity index (χ1n) is 6.05. The van der Waals surface area contributed by atoms with Crippen LogP contribution in [0.5, 0.6) is 5.75 Å². The predicted molar refractivity (Wildman–Crippen MR) is 67.0 cm³/mol. The number of halogens is 1. The zero-order chi connectivity index (χ0) is 13.7. The summed E-state index contributed by atoms with van der Waals surface area (Å²) in [5.74, 6) is 0.162. The molecule has 0 saturated heterocycles. The molecule has 0 unspecified atom stereocenters. The van der Waals surface area contributed by atoms with E-state index in [2.05, 4.69) is 20.0 Å². The van der Waals surface area contributed by atoms with Crippen LogP contribution in [0.15, 0.2) is 29.1 Å². The number of hydrogen-bond donors (Lipinski definition) is 1. The third-order valence-electron chi connectivity index (χ3n) is 2.47. The van der Waals surface area contributed by atoms with Crippen molar-refractivity contribution in [3.8, 4) is 5.75 Å². The van der Waals surface area contributed by atoms with Crippen LogP contribution in [0, 0.1) is 5.82 Å². The Morgan fingerprint density at radius 2 is 2.26 bits per heavy atom. The number of benzene rings is 1. The van der Waals surface area contributed by atoms with Crippen LogP contribution in [-0.2, 0) is 13.2 Å². The molecule has 0 atom stereocenters. The molecule has 5 nitrogen and oxygen atoms in total. The van der Waals surface area contributed by atoms with Gasteiger partial charge in [-0.05, 0) is 17.7 Å². The van der Waals surface area contributed by atoms with Gasteiger partial charge >= 0.3 is 0 Å². The minimum absolute atomic E-state index is 0.0804. The van der Waals surface area contributed by atoms with Crippen molar-refractivity contribution < 1.29 is 13.7 Å². The third kappa shape index (κ3) is 4.03. The smallest absolute Gasteiger partial charge is 0.213 e. The standard InChI is InChI=1S/C13H16FN3O2/c1-9(2)15-6-10-3-4-12(11(14)5-10)18-7-13-16-8-19-17-13/h3-5,8-9,15H,6-7H2,1-2H3. The Kier molecular flexibility index (Phi) is 4.46. The monoisotopic (exact) mass is 265 g/mol. The molecule has 0 spiro atoms. The van der Waals surface area contributed by atoms with Gasteiger partial charge in [-0.1, -0.05) is 25.1 Å². The molecule has 1 N–H and O–H groups in total. The first-order chi connectivity index (χ1) is 9.15. The highest BCUT2D eigenvalue weighted by atomic mass is 19.1. The number of ether oxygens (including phenoxy) is 1. The molecule has 0 aliphatic heterocycles. The highest BCUT2D eigenvalue weighted by Gasteiger charge is 2.07. The molecule has 0 radical (unpaired) electrons. The van der Waals surface area contributed by atoms with E-state index in [1.807, 2.05) is 19.9 Å². The topological polar surface area (TPSA) is 60.2 Å². The van der Waals surface area contributed by atoms with Gasteiger partial charge in [0.25, 0.3) is 0 Å². The van der Waals surface area contributed by atoms with E-state index < -0.39 is 5.82 Å². The number of nitrogens with zero attached hydrogens (tertiary/aromatic N) is 2. The van der Waals surface area contributed by atoms with E-state index in [0.717, 1.165) is 5.56 Å². The second kappa shape index (κ2) is 6.29. The molecular weight excluding hydrogens is 249 g/mol. The average molecular weight is 265 g/mol. The van der Waals surface area contributed by atoms with Gasteiger partial charge in [-0.3, -0.25) is 0 Å².